The number of nitrogens with zero attached hydrogens (tertiary/aromatic N) is 3. The molecule has 0 radical (unpaired) electrons. The first kappa shape index (κ1) is 32.0. The monoisotopic (exact) mass is 660 g/mol. The van der Waals surface area contributed by atoms with Crippen LogP contribution in [-0.2, 0) is 11.3 Å². The number of fused-ring (bicyclic) bond motifs is 1. The van der Waals surface area contributed by atoms with E-state index in [1.807, 2.05) is 6.07 Å². The summed E-state index contributed by atoms with van der Waals surface area (Å²) in [5, 5.41) is 18.9. The van der Waals surface area contributed by atoms with Crippen molar-refractivity contribution in [2.45, 2.75) is 6.54 Å². The number of halogens is 2. The number of rotatable bonds is 12. The molecule has 2 heterocycles. The van der Waals surface area contributed by atoms with E-state index in [0.29, 0.717) is 35.0 Å². The van der Waals surface area contributed by atoms with Crippen LogP contribution in [0.1, 0.15) is 15.9 Å². The number of aromatic amines is 1. The van der Waals surface area contributed by atoms with E-state index in [-0.39, 0.29) is 23.2 Å². The third-order valence-electron chi connectivity index (χ3n) is 8.07. The number of aliphatic hydroxyl groups is 1. The van der Waals surface area contributed by atoms with Gasteiger partial charge in [0, 0.05) is 44.8 Å². The SMILES string of the molecule is O=C(O)c1cc(Oc2nc3cc(-c4ccc(-c5ccc(CN6CCN(CCOCCO)CC6)cc5)cc4)c(Cl)cc3[nH]2)ccc1Cl. The van der Waals surface area contributed by atoms with Crippen molar-refractivity contribution in [3.63, 3.8) is 0 Å². The smallest absolute Gasteiger partial charge is 0.337 e. The lowest BCUT2D eigenvalue weighted by Gasteiger charge is -2.34. The van der Waals surface area contributed by atoms with Crippen molar-refractivity contribution in [2.75, 3.05) is 52.5 Å². The molecule has 238 valence electrons. The Bertz CT molecular complexity index is 1800. The van der Waals surface area contributed by atoms with Gasteiger partial charge < -0.3 is 24.7 Å². The number of imidazole rings is 1. The maximum Gasteiger partial charge on any atom is 0.337 e. The Kier molecular flexibility index (Phi) is 10.2. The largest absolute Gasteiger partial charge is 0.478 e. The second-order valence-corrected chi connectivity index (χ2v) is 12.0. The summed E-state index contributed by atoms with van der Waals surface area (Å²) >= 11 is 12.7. The van der Waals surface area contributed by atoms with Crippen molar-refractivity contribution in [1.82, 2.24) is 19.8 Å². The standard InChI is InChI=1S/C35H34Cl2N4O5/c36-30-10-9-27(19-29(30)34(43)44)46-35-38-32-20-28(31(37)21-33(32)39-35)26-7-5-25(6-8-26)24-3-1-23(2-4-24)22-41-13-11-40(12-14-41)15-17-45-18-16-42/h1-10,19-21,42H,11-18,22H2,(H,38,39)(H,43,44). The number of carboxylic acid groups (broad SMARTS) is 1. The van der Waals surface area contributed by atoms with Gasteiger partial charge >= 0.3 is 5.97 Å². The molecule has 0 atom stereocenters. The van der Waals surface area contributed by atoms with Crippen LogP contribution < -0.4 is 4.74 Å². The van der Waals surface area contributed by atoms with Gasteiger partial charge in [0.1, 0.15) is 5.75 Å². The zero-order chi connectivity index (χ0) is 32.0. The number of benzene rings is 4. The topological polar surface area (TPSA) is 111 Å². The Morgan fingerprint density at radius 2 is 1.50 bits per heavy atom. The molecule has 9 nitrogen and oxygen atoms in total. The number of nitrogens with one attached hydrogen (secondary N) is 1. The molecule has 0 aliphatic carbocycles. The van der Waals surface area contributed by atoms with Gasteiger partial charge in [-0.05, 0) is 52.6 Å². The molecule has 4 aromatic carbocycles. The van der Waals surface area contributed by atoms with Gasteiger partial charge in [0.25, 0.3) is 6.01 Å². The van der Waals surface area contributed by atoms with Crippen molar-refractivity contribution in [3.8, 4) is 34.0 Å². The fourth-order valence-corrected chi connectivity index (χ4v) is 6.03. The van der Waals surface area contributed by atoms with Crippen molar-refractivity contribution in [2.24, 2.45) is 0 Å². The van der Waals surface area contributed by atoms with Gasteiger partial charge in [0.05, 0.1) is 46.5 Å². The molecule has 6 rings (SSSR count). The van der Waals surface area contributed by atoms with Crippen molar-refractivity contribution >= 4 is 40.2 Å². The minimum absolute atomic E-state index is 0.0524. The molecular weight excluding hydrogens is 627 g/mol. The lowest BCUT2D eigenvalue weighted by molar-refractivity contribution is 0.0564. The Balaban J connectivity index is 1.08. The first-order valence-electron chi connectivity index (χ1n) is 15.1. The quantitative estimate of drug-likeness (QED) is 0.125. The molecule has 1 aliphatic heterocycles. The third-order valence-corrected chi connectivity index (χ3v) is 8.72. The van der Waals surface area contributed by atoms with Crippen LogP contribution in [0.25, 0.3) is 33.3 Å². The van der Waals surface area contributed by atoms with Crippen molar-refractivity contribution in [3.05, 3.63) is 100 Å². The fourth-order valence-electron chi connectivity index (χ4n) is 5.55. The lowest BCUT2D eigenvalue weighted by Crippen LogP contribution is -2.46. The molecule has 46 heavy (non-hydrogen) atoms. The van der Waals surface area contributed by atoms with E-state index < -0.39 is 5.97 Å². The van der Waals surface area contributed by atoms with Crippen LogP contribution in [0.15, 0.2) is 78.9 Å². The summed E-state index contributed by atoms with van der Waals surface area (Å²) in [5.74, 6) is -0.842. The summed E-state index contributed by atoms with van der Waals surface area (Å²) in [7, 11) is 0. The van der Waals surface area contributed by atoms with E-state index in [2.05, 4.69) is 68.3 Å². The predicted octanol–water partition coefficient (Wildman–Crippen LogP) is 6.82. The van der Waals surface area contributed by atoms with Gasteiger partial charge in [0.15, 0.2) is 0 Å². The normalized spacial score (nSPS) is 14.2. The number of piperazine rings is 1. The van der Waals surface area contributed by atoms with E-state index in [0.717, 1.165) is 61.5 Å². The molecule has 11 heteroatoms. The number of H-pyrrole nitrogens is 1. The molecule has 1 aromatic heterocycles. The summed E-state index contributed by atoms with van der Waals surface area (Å²) in [6.07, 6.45) is 0. The van der Waals surface area contributed by atoms with Crippen LogP contribution in [-0.4, -0.2) is 88.5 Å². The van der Waals surface area contributed by atoms with Crippen LogP contribution >= 0.6 is 23.2 Å². The number of carboxylic acids is 1. The zero-order valence-corrected chi connectivity index (χ0v) is 26.6. The van der Waals surface area contributed by atoms with Gasteiger partial charge in [-0.15, -0.1) is 0 Å². The van der Waals surface area contributed by atoms with Gasteiger partial charge in [-0.3, -0.25) is 9.80 Å². The van der Waals surface area contributed by atoms with E-state index in [4.69, 9.17) is 37.8 Å². The molecule has 0 amide bonds. The number of hydrogen-bond acceptors (Lipinski definition) is 7. The molecular formula is C35H34Cl2N4O5. The Morgan fingerprint density at radius 1 is 0.826 bits per heavy atom. The van der Waals surface area contributed by atoms with E-state index in [9.17, 15) is 9.90 Å². The number of aromatic nitrogens is 2. The number of hydrogen-bond donors (Lipinski definition) is 3. The number of ether oxygens (including phenoxy) is 2. The second kappa shape index (κ2) is 14.6. The van der Waals surface area contributed by atoms with Crippen LogP contribution in [0.2, 0.25) is 10.0 Å². The molecule has 3 N–H and O–H groups in total. The minimum atomic E-state index is -1.14. The first-order chi connectivity index (χ1) is 22.4. The lowest BCUT2D eigenvalue weighted by atomic mass is 9.99. The van der Waals surface area contributed by atoms with Gasteiger partial charge in [-0.2, -0.15) is 4.98 Å². The van der Waals surface area contributed by atoms with Crippen molar-refractivity contribution in [1.29, 1.82) is 0 Å². The average Bonchev–Trinajstić information content (AvgIpc) is 3.45. The second-order valence-electron chi connectivity index (χ2n) is 11.2. The number of carbonyl (C=O) groups is 1. The van der Waals surface area contributed by atoms with E-state index >= 15 is 0 Å². The predicted molar refractivity (Wildman–Crippen MR) is 180 cm³/mol. The highest BCUT2D eigenvalue weighted by molar-refractivity contribution is 6.34. The Morgan fingerprint density at radius 3 is 2.20 bits per heavy atom. The fraction of sp³-hybridized carbons (Fsp3) is 0.257. The molecule has 0 unspecified atom stereocenters. The zero-order valence-electron chi connectivity index (χ0n) is 25.1. The highest BCUT2D eigenvalue weighted by Crippen LogP contribution is 2.34. The highest BCUT2D eigenvalue weighted by atomic mass is 35.5. The van der Waals surface area contributed by atoms with Gasteiger partial charge in [0.2, 0.25) is 0 Å². The van der Waals surface area contributed by atoms with Crippen molar-refractivity contribution < 1.29 is 24.5 Å². The molecule has 1 aliphatic rings. The number of aliphatic hydroxyl groups excluding tert-OH is 1. The maximum absolute atomic E-state index is 11.4. The van der Waals surface area contributed by atoms with Crippen LogP contribution in [0.4, 0.5) is 0 Å². The number of aromatic carboxylic acids is 1. The summed E-state index contributed by atoms with van der Waals surface area (Å²) in [6.45, 7) is 7.08. The molecule has 1 saturated heterocycles. The minimum Gasteiger partial charge on any atom is -0.478 e. The Hall–Kier alpha value is -3.96. The van der Waals surface area contributed by atoms with Gasteiger partial charge in [-0.25, -0.2) is 4.79 Å². The first-order valence-corrected chi connectivity index (χ1v) is 15.8. The van der Waals surface area contributed by atoms with E-state index in [1.165, 1.54) is 17.7 Å². The maximum atomic E-state index is 11.4. The molecule has 5 aromatic rings. The Labute approximate surface area is 276 Å². The van der Waals surface area contributed by atoms with Crippen LogP contribution in [0.5, 0.6) is 11.8 Å². The summed E-state index contributed by atoms with van der Waals surface area (Å²) in [6, 6.07) is 25.4. The van der Waals surface area contributed by atoms with Gasteiger partial charge in [-0.1, -0.05) is 71.7 Å². The third kappa shape index (κ3) is 7.70. The highest BCUT2D eigenvalue weighted by Gasteiger charge is 2.17. The van der Waals surface area contributed by atoms with Crippen LogP contribution in [0, 0.1) is 0 Å². The summed E-state index contributed by atoms with van der Waals surface area (Å²) in [4.78, 5) is 23.9. The summed E-state index contributed by atoms with van der Waals surface area (Å²) < 4.78 is 11.2. The average molecular weight is 662 g/mol. The van der Waals surface area contributed by atoms with E-state index in [1.54, 1.807) is 12.1 Å². The molecule has 0 saturated carbocycles. The summed E-state index contributed by atoms with van der Waals surface area (Å²) in [5.41, 5.74) is 6.65. The molecule has 0 bridgehead atoms. The molecule has 0 spiro atoms. The molecule has 1 fully saturated rings. The van der Waals surface area contributed by atoms with Crippen LogP contribution in [0.3, 0.4) is 0 Å².